The minimum absolute atomic E-state index is 0.0883. The molecule has 0 radical (unpaired) electrons. The summed E-state index contributed by atoms with van der Waals surface area (Å²) in [5.41, 5.74) is 0.569. The lowest BCUT2D eigenvalue weighted by atomic mass is 10.1. The van der Waals surface area contributed by atoms with Crippen LogP contribution in [0.4, 0.5) is 5.69 Å². The van der Waals surface area contributed by atoms with Crippen LogP contribution in [0.15, 0.2) is 36.4 Å². The Morgan fingerprint density at radius 2 is 1.96 bits per heavy atom. The van der Waals surface area contributed by atoms with E-state index < -0.39 is 16.9 Å². The van der Waals surface area contributed by atoms with Crippen LogP contribution in [0.2, 0.25) is 10.0 Å². The van der Waals surface area contributed by atoms with Gasteiger partial charge in [0.05, 0.1) is 18.1 Å². The molecule has 0 aromatic heterocycles. The maximum absolute atomic E-state index is 12.3. The first-order chi connectivity index (χ1) is 11.3. The Kier molecular flexibility index (Phi) is 5.64. The van der Waals surface area contributed by atoms with Gasteiger partial charge in [-0.05, 0) is 36.8 Å². The first kappa shape index (κ1) is 18.0. The molecule has 6 nitrogen and oxygen atoms in total. The number of carbonyl (C=O) groups excluding carboxylic acids is 1. The summed E-state index contributed by atoms with van der Waals surface area (Å²) < 4.78 is 4.92. The van der Waals surface area contributed by atoms with Crippen molar-refractivity contribution in [3.63, 3.8) is 0 Å². The predicted molar refractivity (Wildman–Crippen MR) is 92.0 cm³/mol. The zero-order chi connectivity index (χ0) is 17.9. The van der Waals surface area contributed by atoms with Crippen LogP contribution in [-0.4, -0.2) is 17.9 Å². The van der Waals surface area contributed by atoms with E-state index in [0.29, 0.717) is 15.6 Å². The molecule has 2 rings (SSSR count). The van der Waals surface area contributed by atoms with E-state index in [-0.39, 0.29) is 17.0 Å². The number of hydrogen-bond acceptors (Lipinski definition) is 4. The van der Waals surface area contributed by atoms with Crippen molar-refractivity contribution in [2.24, 2.45) is 0 Å². The lowest BCUT2D eigenvalue weighted by Gasteiger charge is -2.16. The smallest absolute Gasteiger partial charge is 0.311 e. The van der Waals surface area contributed by atoms with Gasteiger partial charge in [0, 0.05) is 21.7 Å². The molecule has 1 atom stereocenters. The van der Waals surface area contributed by atoms with Gasteiger partial charge in [-0.1, -0.05) is 29.3 Å². The molecule has 0 bridgehead atoms. The molecule has 0 aliphatic heterocycles. The third-order valence-corrected chi connectivity index (χ3v) is 3.98. The molecule has 1 N–H and O–H groups in total. The Morgan fingerprint density at radius 1 is 1.25 bits per heavy atom. The largest absolute Gasteiger partial charge is 0.490 e. The lowest BCUT2D eigenvalue weighted by molar-refractivity contribution is -0.385. The number of carbonyl (C=O) groups is 1. The predicted octanol–water partition coefficient (Wildman–Crippen LogP) is 4.40. The Bertz CT molecular complexity index is 796. The first-order valence-electron chi connectivity index (χ1n) is 6.91. The second-order valence-electron chi connectivity index (χ2n) is 5.00. The molecule has 2 aromatic carbocycles. The fraction of sp³-hybridized carbons (Fsp3) is 0.188. The topological polar surface area (TPSA) is 81.5 Å². The van der Waals surface area contributed by atoms with E-state index in [1.165, 1.54) is 25.3 Å². The van der Waals surface area contributed by atoms with E-state index in [0.717, 1.165) is 0 Å². The van der Waals surface area contributed by atoms with Gasteiger partial charge in [-0.3, -0.25) is 14.9 Å². The monoisotopic (exact) mass is 368 g/mol. The van der Waals surface area contributed by atoms with Gasteiger partial charge < -0.3 is 10.1 Å². The Morgan fingerprint density at radius 3 is 2.54 bits per heavy atom. The highest BCUT2D eigenvalue weighted by atomic mass is 35.5. The molecule has 1 unspecified atom stereocenters. The number of methoxy groups -OCH3 is 1. The van der Waals surface area contributed by atoms with E-state index in [1.54, 1.807) is 25.1 Å². The fourth-order valence-electron chi connectivity index (χ4n) is 2.18. The molecule has 0 aliphatic rings. The number of nitro benzene ring substituents is 1. The number of benzene rings is 2. The molecule has 8 heteroatoms. The maximum Gasteiger partial charge on any atom is 0.311 e. The molecule has 0 saturated carbocycles. The minimum atomic E-state index is -0.602. The Hall–Kier alpha value is -2.31. The Balaban J connectivity index is 2.23. The van der Waals surface area contributed by atoms with E-state index >= 15 is 0 Å². The third kappa shape index (κ3) is 3.96. The molecule has 0 aliphatic carbocycles. The Labute approximate surface area is 148 Å². The second kappa shape index (κ2) is 7.51. The summed E-state index contributed by atoms with van der Waals surface area (Å²) in [5, 5.41) is 14.7. The van der Waals surface area contributed by atoms with Crippen molar-refractivity contribution < 1.29 is 14.5 Å². The van der Waals surface area contributed by atoms with Crippen molar-refractivity contribution in [1.82, 2.24) is 5.32 Å². The number of nitrogens with zero attached hydrogens (tertiary/aromatic N) is 1. The zero-order valence-electron chi connectivity index (χ0n) is 12.9. The summed E-state index contributed by atoms with van der Waals surface area (Å²) in [5.74, 6) is -0.371. The van der Waals surface area contributed by atoms with Crippen LogP contribution in [0, 0.1) is 10.1 Å². The van der Waals surface area contributed by atoms with Crippen LogP contribution in [0.1, 0.15) is 28.9 Å². The molecular weight excluding hydrogens is 355 g/mol. The minimum Gasteiger partial charge on any atom is -0.490 e. The van der Waals surface area contributed by atoms with E-state index in [4.69, 9.17) is 27.9 Å². The summed E-state index contributed by atoms with van der Waals surface area (Å²) in [6.07, 6.45) is 0. The van der Waals surface area contributed by atoms with Gasteiger partial charge in [0.15, 0.2) is 5.75 Å². The van der Waals surface area contributed by atoms with Gasteiger partial charge in [0.25, 0.3) is 5.91 Å². The summed E-state index contributed by atoms with van der Waals surface area (Å²) in [4.78, 5) is 22.8. The van der Waals surface area contributed by atoms with Crippen LogP contribution >= 0.6 is 23.2 Å². The van der Waals surface area contributed by atoms with E-state index in [1.807, 2.05) is 0 Å². The molecule has 0 heterocycles. The van der Waals surface area contributed by atoms with Gasteiger partial charge in [-0.15, -0.1) is 0 Å². The van der Waals surface area contributed by atoms with E-state index in [9.17, 15) is 14.9 Å². The number of ether oxygens (including phenoxy) is 1. The zero-order valence-corrected chi connectivity index (χ0v) is 14.4. The summed E-state index contributed by atoms with van der Waals surface area (Å²) in [7, 11) is 1.33. The molecular formula is C16H14Cl2N2O4. The number of rotatable bonds is 5. The van der Waals surface area contributed by atoms with Gasteiger partial charge in [-0.2, -0.15) is 0 Å². The molecule has 126 valence electrons. The average molecular weight is 369 g/mol. The summed E-state index contributed by atoms with van der Waals surface area (Å²) in [6.45, 7) is 1.75. The molecule has 24 heavy (non-hydrogen) atoms. The molecule has 0 fully saturated rings. The number of hydrogen-bond donors (Lipinski definition) is 1. The number of halogens is 2. The quantitative estimate of drug-likeness (QED) is 0.626. The molecule has 2 aromatic rings. The lowest BCUT2D eigenvalue weighted by Crippen LogP contribution is -2.26. The standard InChI is InChI=1S/C16H14Cl2N2O4/c1-9(12-5-4-11(17)8-13(12)18)19-16(21)10-3-6-15(24-2)14(7-10)20(22)23/h3-9H,1-2H3,(H,19,21). The van der Waals surface area contributed by atoms with Gasteiger partial charge >= 0.3 is 5.69 Å². The van der Waals surface area contributed by atoms with Crippen molar-refractivity contribution in [3.05, 3.63) is 67.7 Å². The first-order valence-corrected chi connectivity index (χ1v) is 7.67. The number of amides is 1. The highest BCUT2D eigenvalue weighted by Crippen LogP contribution is 2.29. The van der Waals surface area contributed by atoms with Gasteiger partial charge in [0.1, 0.15) is 0 Å². The van der Waals surface area contributed by atoms with Crippen LogP contribution in [0.5, 0.6) is 5.75 Å². The maximum atomic E-state index is 12.3. The highest BCUT2D eigenvalue weighted by molar-refractivity contribution is 6.35. The van der Waals surface area contributed by atoms with Gasteiger partial charge in [-0.25, -0.2) is 0 Å². The summed E-state index contributed by atoms with van der Waals surface area (Å²) >= 11 is 12.0. The van der Waals surface area contributed by atoms with Crippen molar-refractivity contribution in [2.45, 2.75) is 13.0 Å². The van der Waals surface area contributed by atoms with Crippen molar-refractivity contribution >= 4 is 34.8 Å². The fourth-order valence-corrected chi connectivity index (χ4v) is 2.76. The average Bonchev–Trinajstić information content (AvgIpc) is 2.53. The SMILES string of the molecule is COc1ccc(C(=O)NC(C)c2ccc(Cl)cc2Cl)cc1[N+](=O)[O-]. The van der Waals surface area contributed by atoms with Crippen molar-refractivity contribution in [3.8, 4) is 5.75 Å². The number of nitrogens with one attached hydrogen (secondary N) is 1. The van der Waals surface area contributed by atoms with Crippen molar-refractivity contribution in [1.29, 1.82) is 0 Å². The molecule has 0 saturated heterocycles. The van der Waals surface area contributed by atoms with Crippen LogP contribution in [-0.2, 0) is 0 Å². The van der Waals surface area contributed by atoms with Crippen LogP contribution < -0.4 is 10.1 Å². The molecule has 1 amide bonds. The van der Waals surface area contributed by atoms with Gasteiger partial charge in [0.2, 0.25) is 0 Å². The molecule has 0 spiro atoms. The van der Waals surface area contributed by atoms with Crippen LogP contribution in [0.25, 0.3) is 0 Å². The third-order valence-electron chi connectivity index (χ3n) is 3.41. The normalized spacial score (nSPS) is 11.7. The summed E-state index contributed by atoms with van der Waals surface area (Å²) in [6, 6.07) is 8.58. The van der Waals surface area contributed by atoms with Crippen molar-refractivity contribution in [2.75, 3.05) is 7.11 Å². The van der Waals surface area contributed by atoms with Crippen LogP contribution in [0.3, 0.4) is 0 Å². The highest BCUT2D eigenvalue weighted by Gasteiger charge is 2.20. The van der Waals surface area contributed by atoms with E-state index in [2.05, 4.69) is 5.32 Å². The second-order valence-corrected chi connectivity index (χ2v) is 5.85. The number of nitro groups is 1.